The molecular formula is C12H12FN3O. The topological polar surface area (TPSA) is 47.8 Å². The predicted molar refractivity (Wildman–Crippen MR) is 60.5 cm³/mol. The number of hydrogen-bond donors (Lipinski definition) is 0. The molecule has 0 saturated heterocycles. The van der Waals surface area contributed by atoms with Gasteiger partial charge in [-0.3, -0.25) is 4.79 Å². The molecule has 2 aromatic rings. The van der Waals surface area contributed by atoms with Crippen molar-refractivity contribution in [2.75, 3.05) is 0 Å². The fraction of sp³-hybridized carbons (Fsp3) is 0.250. The van der Waals surface area contributed by atoms with E-state index in [2.05, 4.69) is 10.2 Å². The highest BCUT2D eigenvalue weighted by Gasteiger charge is 2.20. The minimum absolute atomic E-state index is 0.0405. The fourth-order valence-corrected chi connectivity index (χ4v) is 1.55. The molecule has 0 radical (unpaired) electrons. The number of carbonyl (C=O) groups excluding carboxylic acids is 1. The molecular weight excluding hydrogens is 221 g/mol. The zero-order chi connectivity index (χ0) is 12.4. The van der Waals surface area contributed by atoms with Gasteiger partial charge in [0, 0.05) is 5.92 Å². The molecule has 0 atom stereocenters. The highest BCUT2D eigenvalue weighted by atomic mass is 19.1. The Hall–Kier alpha value is -2.04. The summed E-state index contributed by atoms with van der Waals surface area (Å²) in [4.78, 5) is 13.2. The second kappa shape index (κ2) is 4.45. The van der Waals surface area contributed by atoms with Crippen molar-refractivity contribution in [3.05, 3.63) is 42.0 Å². The third kappa shape index (κ3) is 2.08. The van der Waals surface area contributed by atoms with Gasteiger partial charge in [-0.1, -0.05) is 19.9 Å². The van der Waals surface area contributed by atoms with Gasteiger partial charge in [0.1, 0.15) is 5.82 Å². The van der Waals surface area contributed by atoms with Gasteiger partial charge in [0.25, 0.3) is 0 Å². The van der Waals surface area contributed by atoms with Crippen LogP contribution in [-0.2, 0) is 0 Å². The Morgan fingerprint density at radius 2 is 1.94 bits per heavy atom. The molecule has 0 saturated carbocycles. The number of hydrogen-bond acceptors (Lipinski definition) is 3. The summed E-state index contributed by atoms with van der Waals surface area (Å²) < 4.78 is 13.8. The first-order valence-electron chi connectivity index (χ1n) is 5.30. The van der Waals surface area contributed by atoms with Crippen LogP contribution in [0, 0.1) is 11.7 Å². The summed E-state index contributed by atoms with van der Waals surface area (Å²) in [6.45, 7) is 3.46. The van der Waals surface area contributed by atoms with E-state index in [0.29, 0.717) is 5.69 Å². The number of ketones is 1. The lowest BCUT2D eigenvalue weighted by atomic mass is 9.99. The highest BCUT2D eigenvalue weighted by molar-refractivity contribution is 6.00. The smallest absolute Gasteiger partial charge is 0.170 e. The average Bonchev–Trinajstić information content (AvgIpc) is 2.81. The highest BCUT2D eigenvalue weighted by Crippen LogP contribution is 2.20. The summed E-state index contributed by atoms with van der Waals surface area (Å²) in [6.07, 6.45) is 2.96. The van der Waals surface area contributed by atoms with E-state index in [1.54, 1.807) is 19.9 Å². The van der Waals surface area contributed by atoms with Crippen LogP contribution in [0.25, 0.3) is 5.69 Å². The van der Waals surface area contributed by atoms with Crippen molar-refractivity contribution < 1.29 is 9.18 Å². The first kappa shape index (κ1) is 11.4. The van der Waals surface area contributed by atoms with E-state index >= 15 is 0 Å². The molecule has 4 nitrogen and oxygen atoms in total. The summed E-state index contributed by atoms with van der Waals surface area (Å²) in [5, 5.41) is 7.83. The lowest BCUT2D eigenvalue weighted by Crippen LogP contribution is -2.15. The van der Waals surface area contributed by atoms with E-state index in [-0.39, 0.29) is 17.3 Å². The molecule has 0 bridgehead atoms. The minimum atomic E-state index is -0.543. The Balaban J connectivity index is 2.61. The zero-order valence-corrected chi connectivity index (χ0v) is 9.59. The average molecular weight is 233 g/mol. The molecule has 0 unspecified atom stereocenters. The van der Waals surface area contributed by atoms with Crippen molar-refractivity contribution in [3.63, 3.8) is 0 Å². The Labute approximate surface area is 98.1 Å². The second-order valence-corrected chi connectivity index (χ2v) is 3.97. The number of rotatable bonds is 3. The zero-order valence-electron chi connectivity index (χ0n) is 9.59. The molecule has 0 fully saturated rings. The molecule has 0 aliphatic rings. The van der Waals surface area contributed by atoms with Crippen LogP contribution in [0.15, 0.2) is 30.6 Å². The van der Waals surface area contributed by atoms with E-state index in [9.17, 15) is 9.18 Å². The number of Topliss-reactive ketones (excluding diaryl/α,β-unsaturated/α-hetero) is 1. The number of benzene rings is 1. The van der Waals surface area contributed by atoms with Crippen LogP contribution in [0.5, 0.6) is 0 Å². The van der Waals surface area contributed by atoms with Crippen molar-refractivity contribution in [2.24, 2.45) is 5.92 Å². The Bertz CT molecular complexity index is 535. The van der Waals surface area contributed by atoms with Gasteiger partial charge in [-0.15, -0.1) is 0 Å². The van der Waals surface area contributed by atoms with Gasteiger partial charge in [0.15, 0.2) is 5.78 Å². The number of halogens is 1. The van der Waals surface area contributed by atoms with Crippen LogP contribution >= 0.6 is 0 Å². The van der Waals surface area contributed by atoms with Crippen molar-refractivity contribution in [1.82, 2.24) is 15.0 Å². The molecule has 0 N–H and O–H groups in total. The van der Waals surface area contributed by atoms with Crippen molar-refractivity contribution in [1.29, 1.82) is 0 Å². The maximum Gasteiger partial charge on any atom is 0.170 e. The van der Waals surface area contributed by atoms with Crippen LogP contribution in [0.4, 0.5) is 4.39 Å². The SMILES string of the molecule is CC(C)C(=O)c1c(F)cccc1-n1nccn1. The quantitative estimate of drug-likeness (QED) is 0.764. The molecule has 1 aromatic heterocycles. The van der Waals surface area contributed by atoms with Crippen LogP contribution in [0.3, 0.4) is 0 Å². The van der Waals surface area contributed by atoms with E-state index in [1.165, 1.54) is 29.3 Å². The van der Waals surface area contributed by atoms with Gasteiger partial charge < -0.3 is 0 Å². The van der Waals surface area contributed by atoms with Gasteiger partial charge in [0.05, 0.1) is 23.6 Å². The van der Waals surface area contributed by atoms with Crippen LogP contribution in [0.1, 0.15) is 24.2 Å². The first-order valence-corrected chi connectivity index (χ1v) is 5.30. The Kier molecular flexibility index (Phi) is 2.99. The van der Waals surface area contributed by atoms with Gasteiger partial charge in [0.2, 0.25) is 0 Å². The summed E-state index contributed by atoms with van der Waals surface area (Å²) in [7, 11) is 0. The van der Waals surface area contributed by atoms with E-state index < -0.39 is 5.82 Å². The fourth-order valence-electron chi connectivity index (χ4n) is 1.55. The van der Waals surface area contributed by atoms with Crippen molar-refractivity contribution in [3.8, 4) is 5.69 Å². The van der Waals surface area contributed by atoms with Gasteiger partial charge in [-0.25, -0.2) is 4.39 Å². The number of carbonyl (C=O) groups is 1. The maximum atomic E-state index is 13.8. The van der Waals surface area contributed by atoms with Gasteiger partial charge in [-0.05, 0) is 12.1 Å². The minimum Gasteiger partial charge on any atom is -0.294 e. The molecule has 0 amide bonds. The molecule has 5 heteroatoms. The van der Waals surface area contributed by atoms with Crippen molar-refractivity contribution >= 4 is 5.78 Å². The molecule has 88 valence electrons. The summed E-state index contributed by atoms with van der Waals surface area (Å²) in [5.74, 6) is -1.07. The first-order chi connectivity index (χ1) is 8.11. The molecule has 1 aromatic carbocycles. The number of nitrogens with zero attached hydrogens (tertiary/aromatic N) is 3. The monoisotopic (exact) mass is 233 g/mol. The van der Waals surface area contributed by atoms with Gasteiger partial charge >= 0.3 is 0 Å². The summed E-state index contributed by atoms with van der Waals surface area (Å²) in [5.41, 5.74) is 0.410. The third-order valence-corrected chi connectivity index (χ3v) is 2.40. The van der Waals surface area contributed by atoms with Crippen molar-refractivity contribution in [2.45, 2.75) is 13.8 Å². The lowest BCUT2D eigenvalue weighted by Gasteiger charge is -2.10. The largest absolute Gasteiger partial charge is 0.294 e. The van der Waals surface area contributed by atoms with E-state index in [4.69, 9.17) is 0 Å². The van der Waals surface area contributed by atoms with Crippen LogP contribution in [0.2, 0.25) is 0 Å². The third-order valence-electron chi connectivity index (χ3n) is 2.40. The van der Waals surface area contributed by atoms with E-state index in [0.717, 1.165) is 0 Å². The molecule has 17 heavy (non-hydrogen) atoms. The predicted octanol–water partition coefficient (Wildman–Crippen LogP) is 2.25. The maximum absolute atomic E-state index is 13.8. The van der Waals surface area contributed by atoms with Crippen LogP contribution < -0.4 is 0 Å². The normalized spacial score (nSPS) is 10.8. The molecule has 0 aliphatic heterocycles. The number of aromatic nitrogens is 3. The summed E-state index contributed by atoms with van der Waals surface area (Å²) >= 11 is 0. The second-order valence-electron chi connectivity index (χ2n) is 3.97. The molecule has 1 heterocycles. The molecule has 0 spiro atoms. The standard InChI is InChI=1S/C12H12FN3O/c1-8(2)12(17)11-9(13)4-3-5-10(11)16-14-6-7-15-16/h3-8H,1-2H3. The molecule has 2 rings (SSSR count). The van der Waals surface area contributed by atoms with Gasteiger partial charge in [-0.2, -0.15) is 15.0 Å². The summed E-state index contributed by atoms with van der Waals surface area (Å²) in [6, 6.07) is 4.42. The lowest BCUT2D eigenvalue weighted by molar-refractivity contribution is 0.0935. The van der Waals surface area contributed by atoms with E-state index in [1.807, 2.05) is 0 Å². The van der Waals surface area contributed by atoms with Crippen LogP contribution in [-0.4, -0.2) is 20.8 Å². The Morgan fingerprint density at radius 3 is 2.53 bits per heavy atom. The molecule has 0 aliphatic carbocycles. The Morgan fingerprint density at radius 1 is 1.29 bits per heavy atom.